The van der Waals surface area contributed by atoms with Crippen molar-refractivity contribution in [1.29, 1.82) is 5.26 Å². The van der Waals surface area contributed by atoms with Crippen molar-refractivity contribution in [3.8, 4) is 6.07 Å². The Balaban J connectivity index is 3.40. The predicted molar refractivity (Wildman–Crippen MR) is 67.4 cm³/mol. The highest BCUT2D eigenvalue weighted by atomic mass is 127. The number of nitrogens with zero attached hydrogens (tertiary/aromatic N) is 1. The number of hydrogen-bond acceptors (Lipinski definition) is 3. The molecule has 0 saturated carbocycles. The summed E-state index contributed by atoms with van der Waals surface area (Å²) in [4.78, 5) is 22.1. The van der Waals surface area contributed by atoms with Crippen LogP contribution in [0.1, 0.15) is 26.3 Å². The van der Waals surface area contributed by atoms with Crippen LogP contribution in [0, 0.1) is 14.9 Å². The van der Waals surface area contributed by atoms with E-state index in [1.807, 2.05) is 28.7 Å². The molecule has 0 aliphatic rings. The highest BCUT2D eigenvalue weighted by molar-refractivity contribution is 14.1. The van der Waals surface area contributed by atoms with Gasteiger partial charge in [-0.3, -0.25) is 9.59 Å². The number of nitriles is 1. The van der Waals surface area contributed by atoms with E-state index in [4.69, 9.17) is 5.26 Å². The fourth-order valence-corrected chi connectivity index (χ4v) is 2.15. The van der Waals surface area contributed by atoms with E-state index >= 15 is 0 Å². The van der Waals surface area contributed by atoms with Gasteiger partial charge in [0, 0.05) is 14.7 Å². The molecule has 0 unspecified atom stereocenters. The number of benzene rings is 1. The van der Waals surface area contributed by atoms with Crippen molar-refractivity contribution in [2.24, 2.45) is 0 Å². The van der Waals surface area contributed by atoms with E-state index < -0.39 is 0 Å². The van der Waals surface area contributed by atoms with E-state index in [0.29, 0.717) is 21.0 Å². The quantitative estimate of drug-likeness (QED) is 0.352. The summed E-state index contributed by atoms with van der Waals surface area (Å²) in [5, 5.41) is 9.02. The Bertz CT molecular complexity index is 465. The third-order valence-corrected chi connectivity index (χ3v) is 3.21. The number of halogens is 2. The van der Waals surface area contributed by atoms with Gasteiger partial charge < -0.3 is 0 Å². The van der Waals surface area contributed by atoms with Gasteiger partial charge >= 0.3 is 0 Å². The number of ketones is 1. The Kier molecular flexibility index (Phi) is 4.42. The molecule has 0 atom stereocenters. The summed E-state index contributed by atoms with van der Waals surface area (Å²) in [6.45, 7) is 0. The van der Waals surface area contributed by atoms with Crippen LogP contribution in [0.25, 0.3) is 0 Å². The van der Waals surface area contributed by atoms with Gasteiger partial charge in [-0.2, -0.15) is 5.26 Å². The lowest BCUT2D eigenvalue weighted by Crippen LogP contribution is -2.03. The highest BCUT2D eigenvalue weighted by Gasteiger charge is 2.12. The zero-order chi connectivity index (χ0) is 11.4. The minimum Gasteiger partial charge on any atom is -0.298 e. The second-order valence-corrected chi connectivity index (χ2v) is 4.43. The molecule has 5 heteroatoms. The maximum absolute atomic E-state index is 11.4. The van der Waals surface area contributed by atoms with Crippen molar-refractivity contribution in [3.63, 3.8) is 0 Å². The molecule has 0 spiro atoms. The summed E-state index contributed by atoms with van der Waals surface area (Å²) < 4.78 is 0.617. The molecule has 0 N–H and O–H groups in total. The molecule has 0 saturated heterocycles. The summed E-state index contributed by atoms with van der Waals surface area (Å²) in [5.74, 6) is -0.109. The molecule has 0 aromatic heterocycles. The SMILES string of the molecule is N#Cc1cc(C(=O)CBr)cc(I)c1C=O. The first-order valence-corrected chi connectivity index (χ1v) is 6.12. The molecule has 1 rings (SSSR count). The van der Waals surface area contributed by atoms with Crippen LogP contribution in [0.3, 0.4) is 0 Å². The Labute approximate surface area is 109 Å². The molecule has 0 radical (unpaired) electrons. The minimum atomic E-state index is -0.109. The molecule has 3 nitrogen and oxygen atoms in total. The van der Waals surface area contributed by atoms with Crippen molar-refractivity contribution < 1.29 is 9.59 Å². The smallest absolute Gasteiger partial charge is 0.173 e. The van der Waals surface area contributed by atoms with Crippen molar-refractivity contribution >= 4 is 50.6 Å². The van der Waals surface area contributed by atoms with E-state index in [2.05, 4.69) is 15.9 Å². The van der Waals surface area contributed by atoms with Crippen LogP contribution in [-0.2, 0) is 0 Å². The van der Waals surface area contributed by atoms with E-state index in [0.717, 1.165) is 0 Å². The molecule has 0 bridgehead atoms. The monoisotopic (exact) mass is 377 g/mol. The van der Waals surface area contributed by atoms with Crippen LogP contribution in [0.2, 0.25) is 0 Å². The maximum atomic E-state index is 11.4. The van der Waals surface area contributed by atoms with E-state index in [1.165, 1.54) is 6.07 Å². The first-order valence-electron chi connectivity index (χ1n) is 3.92. The van der Waals surface area contributed by atoms with Crippen molar-refractivity contribution in [2.45, 2.75) is 0 Å². The molecule has 1 aromatic rings. The summed E-state index contributed by atoms with van der Waals surface area (Å²) in [6, 6.07) is 4.95. The lowest BCUT2D eigenvalue weighted by molar-refractivity contribution is 0.102. The molecular weight excluding hydrogens is 373 g/mol. The van der Waals surface area contributed by atoms with Crippen molar-refractivity contribution in [2.75, 3.05) is 5.33 Å². The Morgan fingerprint density at radius 1 is 1.60 bits per heavy atom. The maximum Gasteiger partial charge on any atom is 0.173 e. The standard InChI is InChI=1S/C10H5BrINO2/c11-3-10(15)6-1-7(4-13)8(5-14)9(12)2-6/h1-2,5H,3H2. The fraction of sp³-hybridized carbons (Fsp3) is 0.100. The number of carbonyl (C=O) groups is 2. The number of Topliss-reactive ketones (excluding diaryl/α,β-unsaturated/α-hetero) is 1. The van der Waals surface area contributed by atoms with E-state index in [-0.39, 0.29) is 16.7 Å². The lowest BCUT2D eigenvalue weighted by atomic mass is 10.0. The zero-order valence-electron chi connectivity index (χ0n) is 7.46. The summed E-state index contributed by atoms with van der Waals surface area (Å²) >= 11 is 4.99. The summed E-state index contributed by atoms with van der Waals surface area (Å²) in [5.41, 5.74) is 1.02. The molecule has 0 fully saturated rings. The van der Waals surface area contributed by atoms with Gasteiger partial charge in [0.2, 0.25) is 0 Å². The van der Waals surface area contributed by atoms with Gasteiger partial charge in [0.15, 0.2) is 12.1 Å². The van der Waals surface area contributed by atoms with Crippen LogP contribution in [0.4, 0.5) is 0 Å². The molecule has 0 aliphatic carbocycles. The van der Waals surface area contributed by atoms with Gasteiger partial charge in [-0.25, -0.2) is 0 Å². The van der Waals surface area contributed by atoms with Crippen molar-refractivity contribution in [1.82, 2.24) is 0 Å². The molecule has 76 valence electrons. The number of hydrogen-bond donors (Lipinski definition) is 0. The minimum absolute atomic E-state index is 0.109. The van der Waals surface area contributed by atoms with Crippen LogP contribution < -0.4 is 0 Å². The summed E-state index contributed by atoms with van der Waals surface area (Å²) in [6.07, 6.45) is 0.628. The van der Waals surface area contributed by atoms with Gasteiger partial charge in [-0.05, 0) is 34.7 Å². The average Bonchev–Trinajstić information content (AvgIpc) is 2.26. The second-order valence-electron chi connectivity index (χ2n) is 2.71. The molecule has 0 aliphatic heterocycles. The highest BCUT2D eigenvalue weighted by Crippen LogP contribution is 2.18. The first-order chi connectivity index (χ1) is 7.13. The van der Waals surface area contributed by atoms with Gasteiger partial charge in [-0.15, -0.1) is 0 Å². The largest absolute Gasteiger partial charge is 0.298 e. The lowest BCUT2D eigenvalue weighted by Gasteiger charge is -2.03. The number of carbonyl (C=O) groups excluding carboxylic acids is 2. The van der Waals surface area contributed by atoms with Gasteiger partial charge in [0.05, 0.1) is 17.0 Å². The number of alkyl halides is 1. The Morgan fingerprint density at radius 3 is 2.73 bits per heavy atom. The molecule has 15 heavy (non-hydrogen) atoms. The van der Waals surface area contributed by atoms with Crippen LogP contribution >= 0.6 is 38.5 Å². The molecule has 0 heterocycles. The Morgan fingerprint density at radius 2 is 2.27 bits per heavy atom. The zero-order valence-corrected chi connectivity index (χ0v) is 11.2. The Hall–Kier alpha value is -0.740. The summed E-state index contributed by atoms with van der Waals surface area (Å²) in [7, 11) is 0. The van der Waals surface area contributed by atoms with Gasteiger partial charge in [-0.1, -0.05) is 15.9 Å². The molecule has 1 aromatic carbocycles. The van der Waals surface area contributed by atoms with Crippen LogP contribution in [0.5, 0.6) is 0 Å². The predicted octanol–water partition coefficient (Wildman–Crippen LogP) is 2.55. The first kappa shape index (κ1) is 12.3. The van der Waals surface area contributed by atoms with Crippen LogP contribution in [-0.4, -0.2) is 17.4 Å². The third-order valence-electron chi connectivity index (χ3n) is 1.81. The van der Waals surface area contributed by atoms with Crippen molar-refractivity contribution in [3.05, 3.63) is 32.4 Å². The average molecular weight is 378 g/mol. The van der Waals surface area contributed by atoms with Crippen LogP contribution in [0.15, 0.2) is 12.1 Å². The van der Waals surface area contributed by atoms with E-state index in [1.54, 1.807) is 6.07 Å². The third kappa shape index (κ3) is 2.63. The number of rotatable bonds is 3. The van der Waals surface area contributed by atoms with Gasteiger partial charge in [0.1, 0.15) is 0 Å². The number of aldehydes is 1. The van der Waals surface area contributed by atoms with Gasteiger partial charge in [0.25, 0.3) is 0 Å². The topological polar surface area (TPSA) is 57.9 Å². The second kappa shape index (κ2) is 5.37. The normalized spacial score (nSPS) is 9.40. The fourth-order valence-electron chi connectivity index (χ4n) is 1.07. The molecular formula is C10H5BrINO2. The van der Waals surface area contributed by atoms with E-state index in [9.17, 15) is 9.59 Å². The molecule has 0 amide bonds.